The van der Waals surface area contributed by atoms with Gasteiger partial charge in [0.1, 0.15) is 23.9 Å². The van der Waals surface area contributed by atoms with Crippen molar-refractivity contribution in [2.75, 3.05) is 105 Å². The first-order valence-corrected chi connectivity index (χ1v) is 27.3. The van der Waals surface area contributed by atoms with Gasteiger partial charge in [0.2, 0.25) is 0 Å². The number of rotatable bonds is 17. The first kappa shape index (κ1) is 56.1. The molecule has 2 saturated heterocycles. The Kier molecular flexibility index (Phi) is 16.8. The minimum atomic E-state index is -2.29. The number of fused-ring (bicyclic) bond motifs is 6. The van der Waals surface area contributed by atoms with E-state index in [2.05, 4.69) is 48.9 Å². The number of nitrogens with one attached hydrogen (secondary N) is 4. The van der Waals surface area contributed by atoms with Gasteiger partial charge in [-0.05, 0) is 79.8 Å². The maximum Gasteiger partial charge on any atom is 0.408 e. The normalized spacial score (nSPS) is 30.8. The van der Waals surface area contributed by atoms with Crippen LogP contribution < -0.4 is 25.6 Å². The molecule has 77 heavy (non-hydrogen) atoms. The van der Waals surface area contributed by atoms with Gasteiger partial charge < -0.3 is 65.0 Å². The van der Waals surface area contributed by atoms with Gasteiger partial charge in [-0.1, -0.05) is 74.5 Å². The summed E-state index contributed by atoms with van der Waals surface area (Å²) in [4.78, 5) is 51.7. The Morgan fingerprint density at radius 3 is 2.39 bits per heavy atom. The maximum atomic E-state index is 15.3. The Balaban J connectivity index is 0.000000389. The molecule has 1 aliphatic carbocycles. The lowest BCUT2D eigenvalue weighted by Crippen LogP contribution is -2.81. The van der Waals surface area contributed by atoms with Crippen molar-refractivity contribution in [1.82, 2.24) is 30.7 Å². The van der Waals surface area contributed by atoms with Gasteiger partial charge in [0, 0.05) is 97.1 Å². The van der Waals surface area contributed by atoms with Crippen molar-refractivity contribution in [2.45, 2.75) is 99.2 Å². The highest BCUT2D eigenvalue weighted by Crippen LogP contribution is 2.67. The molecule has 2 amide bonds. The number of carbonyl (C=O) groups excluding carboxylic acids is 3. The second-order valence-electron chi connectivity index (χ2n) is 21.9. The predicted molar refractivity (Wildman–Crippen MR) is 289 cm³/mol. The molecule has 5 aliphatic heterocycles. The lowest BCUT2D eigenvalue weighted by Gasteiger charge is -2.63. The van der Waals surface area contributed by atoms with E-state index in [4.69, 9.17) is 24.1 Å². The number of H-pyrrole nitrogens is 1. The predicted octanol–water partition coefficient (Wildman–Crippen LogP) is 2.82. The van der Waals surface area contributed by atoms with Crippen molar-refractivity contribution in [3.63, 3.8) is 0 Å². The molecule has 19 heteroatoms. The molecule has 19 nitrogen and oxygen atoms in total. The third kappa shape index (κ3) is 9.68. The highest BCUT2D eigenvalue weighted by Gasteiger charge is 2.78. The summed E-state index contributed by atoms with van der Waals surface area (Å²) in [6, 6.07) is 20.5. The highest BCUT2D eigenvalue weighted by atomic mass is 16.5. The fourth-order valence-electron chi connectivity index (χ4n) is 14.7. The van der Waals surface area contributed by atoms with E-state index < -0.39 is 57.6 Å². The van der Waals surface area contributed by atoms with E-state index in [0.717, 1.165) is 39.0 Å². The van der Waals surface area contributed by atoms with Crippen LogP contribution in [0.2, 0.25) is 0 Å². The van der Waals surface area contributed by atoms with E-state index in [-0.39, 0.29) is 58.2 Å². The van der Waals surface area contributed by atoms with Crippen LogP contribution in [-0.4, -0.2) is 188 Å². The molecular formula is C58H79N7O12. The molecule has 10 rings (SSSR count). The van der Waals surface area contributed by atoms with Crippen LogP contribution in [0.1, 0.15) is 73.9 Å². The molecule has 2 bridgehead atoms. The number of esters is 1. The summed E-state index contributed by atoms with van der Waals surface area (Å²) in [5.74, 6) is -0.765. The number of aromatic amines is 1. The Morgan fingerprint density at radius 1 is 0.883 bits per heavy atom. The molecule has 0 radical (unpaired) electrons. The smallest absolute Gasteiger partial charge is 0.408 e. The Bertz CT molecular complexity index is 2780. The number of amides is 2. The molecule has 3 fully saturated rings. The number of aliphatic hydroxyl groups is 5. The molecule has 1 aromatic heterocycles. The molecule has 9 N–H and O–H groups in total. The zero-order chi connectivity index (χ0) is 54.8. The average Bonchev–Trinajstić information content (AvgIpc) is 4.29. The summed E-state index contributed by atoms with van der Waals surface area (Å²) in [7, 11) is 4.92. The molecule has 10 atom stereocenters. The summed E-state index contributed by atoms with van der Waals surface area (Å²) in [6.07, 6.45) is 5.25. The molecule has 1 saturated carbocycles. The fraction of sp³-hybridized carbons (Fsp3) is 0.569. The number of likely N-dealkylation sites (N-methyl/N-ethyl adjacent to an activating group) is 1. The number of hydrogen-bond acceptors (Lipinski definition) is 16. The SMILES string of the molecule is CC[C@]1(O)CC2CN(CCc3c([nH]c4ccccc34)[C@@](C(=O)OC)(c3cc4c(cc3OC)N(C)C3C(O)(C(=O)NCCOCCO)[C@H](O)[C@]5(CC)C=CCN6CCC43[C@@H]65)C2)C1.O=C(NCNCCO)OCc1ccccc1. The number of aromatic nitrogens is 1. The Hall–Kier alpha value is -5.61. The van der Waals surface area contributed by atoms with Gasteiger partial charge in [0.05, 0.1) is 59.0 Å². The van der Waals surface area contributed by atoms with Crippen molar-refractivity contribution in [2.24, 2.45) is 11.3 Å². The van der Waals surface area contributed by atoms with Crippen molar-refractivity contribution < 1.29 is 58.9 Å². The van der Waals surface area contributed by atoms with Crippen LogP contribution in [0.4, 0.5) is 10.5 Å². The van der Waals surface area contributed by atoms with E-state index in [0.29, 0.717) is 89.1 Å². The highest BCUT2D eigenvalue weighted by molar-refractivity contribution is 5.95. The van der Waals surface area contributed by atoms with E-state index in [1.807, 2.05) is 86.5 Å². The molecule has 5 unspecified atom stereocenters. The second-order valence-corrected chi connectivity index (χ2v) is 21.9. The molecule has 418 valence electrons. The lowest BCUT2D eigenvalue weighted by atomic mass is 9.47. The number of piperidine rings is 1. The summed E-state index contributed by atoms with van der Waals surface area (Å²) >= 11 is 0. The van der Waals surface area contributed by atoms with Crippen LogP contribution in [0.3, 0.4) is 0 Å². The fourth-order valence-corrected chi connectivity index (χ4v) is 14.7. The number of ether oxygens (including phenoxy) is 4. The van der Waals surface area contributed by atoms with Crippen LogP contribution in [0.15, 0.2) is 78.9 Å². The van der Waals surface area contributed by atoms with Crippen molar-refractivity contribution in [3.05, 3.63) is 107 Å². The number of para-hydroxylation sites is 1. The molecule has 6 aliphatic rings. The largest absolute Gasteiger partial charge is 0.496 e. The van der Waals surface area contributed by atoms with Gasteiger partial charge in [0.15, 0.2) is 5.60 Å². The Labute approximate surface area is 450 Å². The minimum Gasteiger partial charge on any atom is -0.496 e. The van der Waals surface area contributed by atoms with Crippen LogP contribution >= 0.6 is 0 Å². The number of alkyl carbamates (subject to hydrolysis) is 1. The van der Waals surface area contributed by atoms with E-state index in [1.165, 1.54) is 7.11 Å². The van der Waals surface area contributed by atoms with Gasteiger partial charge in [-0.2, -0.15) is 0 Å². The van der Waals surface area contributed by atoms with E-state index in [1.54, 1.807) is 7.11 Å². The topological polar surface area (TPSA) is 251 Å². The summed E-state index contributed by atoms with van der Waals surface area (Å²) < 4.78 is 22.7. The van der Waals surface area contributed by atoms with Gasteiger partial charge in [0.25, 0.3) is 5.91 Å². The van der Waals surface area contributed by atoms with Gasteiger partial charge in [-0.3, -0.25) is 24.7 Å². The standard InChI is InChI=1S/C47H63N5O9.C11H16N2O3/c1-6-43(57)25-29-26-46(42(56)60-5,37-31(13-18-51(27-29)28-43)30-11-8-9-12-34(30)49-37)33-23-32-35(24-36(33)59-4)50(3)39-45(32)15-19-52-17-10-14-44(7-2,38(45)52)40(54)47(39,58)41(55)48-16-21-61-22-20-53;14-7-6-12-9-13-11(15)16-8-10-4-2-1-3-5-10/h8-12,14,23-24,29,38-40,49,53-54,57-58H,6-7,13,15-22,25-28H2,1-5H3,(H,48,55);1-5,12,14H,6-9H2,(H,13,15)/t29?,38-,39?,40+,43-,44+,45?,46-,47?;/m0./s1. The number of anilines is 1. The van der Waals surface area contributed by atoms with Gasteiger partial charge in [-0.25, -0.2) is 4.79 Å². The van der Waals surface area contributed by atoms with Crippen LogP contribution in [0.25, 0.3) is 10.9 Å². The van der Waals surface area contributed by atoms with Gasteiger partial charge in [-0.15, -0.1) is 0 Å². The zero-order valence-electron chi connectivity index (χ0n) is 45.2. The number of nitrogens with zero attached hydrogens (tertiary/aromatic N) is 3. The molecular weight excluding hydrogens is 987 g/mol. The third-order valence-electron chi connectivity index (χ3n) is 17.8. The number of methoxy groups -OCH3 is 2. The zero-order valence-corrected chi connectivity index (χ0v) is 45.2. The first-order valence-electron chi connectivity index (χ1n) is 27.3. The maximum absolute atomic E-state index is 15.3. The van der Waals surface area contributed by atoms with Gasteiger partial charge >= 0.3 is 12.1 Å². The second kappa shape index (κ2) is 23.0. The van der Waals surface area contributed by atoms with Crippen molar-refractivity contribution in [3.8, 4) is 5.75 Å². The summed E-state index contributed by atoms with van der Waals surface area (Å²) in [5, 5.41) is 64.9. The quantitative estimate of drug-likeness (QED) is 0.0319. The first-order chi connectivity index (χ1) is 37.2. The van der Waals surface area contributed by atoms with Crippen LogP contribution in [0, 0.1) is 11.3 Å². The number of benzene rings is 3. The number of carbonyl (C=O) groups is 3. The average molecular weight is 1070 g/mol. The molecule has 4 aromatic rings. The number of hydrogen-bond donors (Lipinski definition) is 9. The molecule has 1 spiro atoms. The summed E-state index contributed by atoms with van der Waals surface area (Å²) in [5.41, 5.74) is -0.642. The van der Waals surface area contributed by atoms with Crippen LogP contribution in [-0.2, 0) is 47.7 Å². The summed E-state index contributed by atoms with van der Waals surface area (Å²) in [6.45, 7) is 8.53. The van der Waals surface area contributed by atoms with Crippen molar-refractivity contribution in [1.29, 1.82) is 0 Å². The van der Waals surface area contributed by atoms with Crippen molar-refractivity contribution >= 4 is 34.6 Å². The third-order valence-corrected chi connectivity index (χ3v) is 17.8. The number of aliphatic hydroxyl groups excluding tert-OH is 3. The Morgan fingerprint density at radius 2 is 1.66 bits per heavy atom. The lowest BCUT2D eigenvalue weighted by molar-refractivity contribution is -0.203. The molecule has 6 heterocycles. The van der Waals surface area contributed by atoms with Crippen LogP contribution in [0.5, 0.6) is 5.75 Å². The molecule has 3 aromatic carbocycles. The van der Waals surface area contributed by atoms with E-state index >= 15 is 4.79 Å². The van der Waals surface area contributed by atoms with E-state index in [9.17, 15) is 30.0 Å². The monoisotopic (exact) mass is 1070 g/mol. The minimum absolute atomic E-state index is 0.0424.